The molecule has 0 aliphatic heterocycles. The molecule has 1 amide bonds. The van der Waals surface area contributed by atoms with Gasteiger partial charge in [0, 0.05) is 17.4 Å². The molecule has 2 rings (SSSR count). The number of ketones is 1. The smallest absolute Gasteiger partial charge is 0.221 e. The highest BCUT2D eigenvalue weighted by atomic mass is 32.1. The SMILES string of the molecule is CC(=O)Nc1sc(C)c(C)c1C(=O)c1ccccc1. The second-order valence-corrected chi connectivity index (χ2v) is 5.59. The van der Waals surface area contributed by atoms with Crippen molar-refractivity contribution in [1.82, 2.24) is 0 Å². The first kappa shape index (κ1) is 13.5. The first-order valence-electron chi connectivity index (χ1n) is 5.98. The monoisotopic (exact) mass is 273 g/mol. The van der Waals surface area contributed by atoms with Crippen LogP contribution in [0.2, 0.25) is 0 Å². The Morgan fingerprint density at radius 1 is 1.11 bits per heavy atom. The van der Waals surface area contributed by atoms with Crippen LogP contribution in [0, 0.1) is 13.8 Å². The molecule has 0 spiro atoms. The Kier molecular flexibility index (Phi) is 3.81. The predicted molar refractivity (Wildman–Crippen MR) is 78.0 cm³/mol. The third-order valence-electron chi connectivity index (χ3n) is 2.94. The summed E-state index contributed by atoms with van der Waals surface area (Å²) in [6.07, 6.45) is 0. The maximum atomic E-state index is 12.5. The molecular formula is C15H15NO2S. The second kappa shape index (κ2) is 5.36. The zero-order valence-corrected chi connectivity index (χ0v) is 11.9. The summed E-state index contributed by atoms with van der Waals surface area (Å²) in [6.45, 7) is 5.31. The second-order valence-electron chi connectivity index (χ2n) is 4.36. The summed E-state index contributed by atoms with van der Waals surface area (Å²) in [6, 6.07) is 9.11. The van der Waals surface area contributed by atoms with E-state index >= 15 is 0 Å². The maximum Gasteiger partial charge on any atom is 0.221 e. The van der Waals surface area contributed by atoms with Gasteiger partial charge in [-0.1, -0.05) is 30.3 Å². The Hall–Kier alpha value is -1.94. The molecule has 1 heterocycles. The minimum Gasteiger partial charge on any atom is -0.317 e. The molecule has 0 aliphatic carbocycles. The number of carbonyl (C=O) groups is 2. The van der Waals surface area contributed by atoms with E-state index in [-0.39, 0.29) is 11.7 Å². The number of hydrogen-bond donors (Lipinski definition) is 1. The highest BCUT2D eigenvalue weighted by Gasteiger charge is 2.21. The fraction of sp³-hybridized carbons (Fsp3) is 0.200. The number of thiophene rings is 1. The number of nitrogens with one attached hydrogen (secondary N) is 1. The van der Waals surface area contributed by atoms with Crippen LogP contribution in [-0.4, -0.2) is 11.7 Å². The summed E-state index contributed by atoms with van der Waals surface area (Å²) in [7, 11) is 0. The van der Waals surface area contributed by atoms with Crippen LogP contribution >= 0.6 is 11.3 Å². The molecule has 1 aromatic carbocycles. The number of amides is 1. The van der Waals surface area contributed by atoms with Gasteiger partial charge in [-0.05, 0) is 19.4 Å². The molecule has 98 valence electrons. The summed E-state index contributed by atoms with van der Waals surface area (Å²) in [5.41, 5.74) is 2.17. The van der Waals surface area contributed by atoms with E-state index in [1.807, 2.05) is 32.0 Å². The van der Waals surface area contributed by atoms with E-state index in [2.05, 4.69) is 5.32 Å². The van der Waals surface area contributed by atoms with Gasteiger partial charge in [0.15, 0.2) is 5.78 Å². The highest BCUT2D eigenvalue weighted by molar-refractivity contribution is 7.16. The van der Waals surface area contributed by atoms with Gasteiger partial charge in [0.05, 0.1) is 5.56 Å². The van der Waals surface area contributed by atoms with E-state index in [0.29, 0.717) is 16.1 Å². The fourth-order valence-electron chi connectivity index (χ4n) is 1.88. The van der Waals surface area contributed by atoms with Gasteiger partial charge in [0.1, 0.15) is 5.00 Å². The minimum absolute atomic E-state index is 0.0498. The van der Waals surface area contributed by atoms with Crippen molar-refractivity contribution in [3.05, 3.63) is 51.9 Å². The number of hydrogen-bond acceptors (Lipinski definition) is 3. The van der Waals surface area contributed by atoms with Crippen molar-refractivity contribution >= 4 is 28.0 Å². The topological polar surface area (TPSA) is 46.2 Å². The third-order valence-corrected chi connectivity index (χ3v) is 4.06. The van der Waals surface area contributed by atoms with E-state index in [4.69, 9.17) is 0 Å². The summed E-state index contributed by atoms with van der Waals surface area (Å²) in [4.78, 5) is 24.8. The zero-order valence-electron chi connectivity index (χ0n) is 11.1. The molecule has 4 heteroatoms. The number of rotatable bonds is 3. The quantitative estimate of drug-likeness (QED) is 0.869. The van der Waals surface area contributed by atoms with Crippen molar-refractivity contribution in [3.63, 3.8) is 0 Å². The van der Waals surface area contributed by atoms with Gasteiger partial charge in [-0.3, -0.25) is 9.59 Å². The van der Waals surface area contributed by atoms with E-state index < -0.39 is 0 Å². The van der Waals surface area contributed by atoms with Gasteiger partial charge >= 0.3 is 0 Å². The molecule has 3 nitrogen and oxygen atoms in total. The lowest BCUT2D eigenvalue weighted by Gasteiger charge is -2.05. The lowest BCUT2D eigenvalue weighted by atomic mass is 10.0. The predicted octanol–water partition coefficient (Wildman–Crippen LogP) is 3.55. The van der Waals surface area contributed by atoms with Crippen LogP contribution in [0.5, 0.6) is 0 Å². The lowest BCUT2D eigenvalue weighted by molar-refractivity contribution is -0.114. The van der Waals surface area contributed by atoms with Crippen molar-refractivity contribution in [3.8, 4) is 0 Å². The van der Waals surface area contributed by atoms with Crippen LogP contribution in [0.3, 0.4) is 0 Å². The number of carbonyl (C=O) groups excluding carboxylic acids is 2. The zero-order chi connectivity index (χ0) is 14.0. The molecular weight excluding hydrogens is 258 g/mol. The number of anilines is 1. The van der Waals surface area contributed by atoms with Crippen LogP contribution in [0.1, 0.15) is 33.3 Å². The van der Waals surface area contributed by atoms with E-state index in [1.165, 1.54) is 18.3 Å². The highest BCUT2D eigenvalue weighted by Crippen LogP contribution is 2.34. The molecule has 0 atom stereocenters. The molecule has 0 unspecified atom stereocenters. The van der Waals surface area contributed by atoms with E-state index in [1.54, 1.807) is 12.1 Å². The molecule has 0 radical (unpaired) electrons. The maximum absolute atomic E-state index is 12.5. The first-order chi connectivity index (χ1) is 9.00. The summed E-state index contributed by atoms with van der Waals surface area (Å²) < 4.78 is 0. The van der Waals surface area contributed by atoms with Crippen LogP contribution in [0.4, 0.5) is 5.00 Å². The Labute approximate surface area is 116 Å². The Bertz CT molecular complexity index is 629. The molecule has 0 bridgehead atoms. The average molecular weight is 273 g/mol. The molecule has 2 aromatic rings. The summed E-state index contributed by atoms with van der Waals surface area (Å²) in [5.74, 6) is -0.213. The van der Waals surface area contributed by atoms with Crippen molar-refractivity contribution in [2.45, 2.75) is 20.8 Å². The molecule has 0 saturated carbocycles. The van der Waals surface area contributed by atoms with Crippen molar-refractivity contribution in [1.29, 1.82) is 0 Å². The van der Waals surface area contributed by atoms with Crippen LogP contribution in [-0.2, 0) is 4.79 Å². The van der Waals surface area contributed by atoms with E-state index in [9.17, 15) is 9.59 Å². The lowest BCUT2D eigenvalue weighted by Crippen LogP contribution is -2.10. The van der Waals surface area contributed by atoms with Crippen molar-refractivity contribution in [2.24, 2.45) is 0 Å². The molecule has 0 saturated heterocycles. The van der Waals surface area contributed by atoms with Crippen LogP contribution in [0.25, 0.3) is 0 Å². The van der Waals surface area contributed by atoms with Crippen LogP contribution < -0.4 is 5.32 Å². The van der Waals surface area contributed by atoms with Gasteiger partial charge < -0.3 is 5.32 Å². The number of aryl methyl sites for hydroxylation is 1. The first-order valence-corrected chi connectivity index (χ1v) is 6.79. The third kappa shape index (κ3) is 2.74. The van der Waals surface area contributed by atoms with Crippen LogP contribution in [0.15, 0.2) is 30.3 Å². The largest absolute Gasteiger partial charge is 0.317 e. The standard InChI is InChI=1S/C15H15NO2S/c1-9-10(2)19-15(16-11(3)17)13(9)14(18)12-7-5-4-6-8-12/h4-8H,1-3H3,(H,16,17). The van der Waals surface area contributed by atoms with Gasteiger partial charge in [-0.2, -0.15) is 0 Å². The molecule has 0 fully saturated rings. The summed E-state index contributed by atoms with van der Waals surface area (Å²) in [5, 5.41) is 3.38. The van der Waals surface area contributed by atoms with E-state index in [0.717, 1.165) is 10.4 Å². The Balaban J connectivity index is 2.49. The molecule has 1 aromatic heterocycles. The average Bonchev–Trinajstić information content (AvgIpc) is 2.64. The van der Waals surface area contributed by atoms with Crippen molar-refractivity contribution < 1.29 is 9.59 Å². The van der Waals surface area contributed by atoms with Gasteiger partial charge in [0.2, 0.25) is 5.91 Å². The summed E-state index contributed by atoms with van der Waals surface area (Å²) >= 11 is 1.44. The Morgan fingerprint density at radius 2 is 1.74 bits per heavy atom. The van der Waals surface area contributed by atoms with Gasteiger partial charge in [0.25, 0.3) is 0 Å². The normalized spacial score (nSPS) is 10.3. The molecule has 1 N–H and O–H groups in total. The van der Waals surface area contributed by atoms with Crippen molar-refractivity contribution in [2.75, 3.05) is 5.32 Å². The van der Waals surface area contributed by atoms with Gasteiger partial charge in [-0.25, -0.2) is 0 Å². The fourth-order valence-corrected chi connectivity index (χ4v) is 2.99. The minimum atomic E-state index is -0.164. The number of benzene rings is 1. The Morgan fingerprint density at radius 3 is 2.32 bits per heavy atom. The molecule has 19 heavy (non-hydrogen) atoms. The molecule has 0 aliphatic rings. The van der Waals surface area contributed by atoms with Gasteiger partial charge in [-0.15, -0.1) is 11.3 Å².